The van der Waals surface area contributed by atoms with E-state index in [0.717, 1.165) is 25.2 Å². The van der Waals surface area contributed by atoms with Gasteiger partial charge in [0.2, 0.25) is 0 Å². The molecule has 3 heterocycles. The minimum absolute atomic E-state index is 0.469. The molecule has 0 aliphatic carbocycles. The zero-order chi connectivity index (χ0) is 13.5. The maximum atomic E-state index is 4.41. The second kappa shape index (κ2) is 4.42. The molecular weight excluding hydrogens is 252 g/mol. The number of rotatable bonds is 3. The van der Waals surface area contributed by atoms with Crippen molar-refractivity contribution in [2.24, 2.45) is 7.05 Å². The molecule has 20 heavy (non-hydrogen) atoms. The topological polar surface area (TPSA) is 51.8 Å². The van der Waals surface area contributed by atoms with Gasteiger partial charge in [0.15, 0.2) is 0 Å². The molecule has 3 aromatic rings. The van der Waals surface area contributed by atoms with Crippen molar-refractivity contribution < 1.29 is 0 Å². The molecule has 0 unspecified atom stereocenters. The number of imidazole rings is 1. The number of aryl methyl sites for hydroxylation is 1. The standard InChI is InChI=1S/C14H16N6/c1-18-10-15-13-6-11(2-3-14(13)18)7-19-8-12(9-19)20-5-4-16-17-20/h2-6,10,12H,7-9H2,1H3. The summed E-state index contributed by atoms with van der Waals surface area (Å²) >= 11 is 0. The predicted octanol–water partition coefficient (Wildman–Crippen LogP) is 1.22. The third-order valence-electron chi connectivity index (χ3n) is 3.95. The van der Waals surface area contributed by atoms with E-state index >= 15 is 0 Å². The lowest BCUT2D eigenvalue weighted by Crippen LogP contribution is -2.47. The van der Waals surface area contributed by atoms with Crippen LogP contribution in [-0.2, 0) is 13.6 Å². The normalized spacial score (nSPS) is 16.6. The number of hydrogen-bond donors (Lipinski definition) is 0. The first-order valence-corrected chi connectivity index (χ1v) is 6.78. The fourth-order valence-corrected chi connectivity index (χ4v) is 2.79. The van der Waals surface area contributed by atoms with E-state index in [0.29, 0.717) is 6.04 Å². The smallest absolute Gasteiger partial charge is 0.0955 e. The van der Waals surface area contributed by atoms with Gasteiger partial charge < -0.3 is 4.57 Å². The van der Waals surface area contributed by atoms with E-state index in [4.69, 9.17) is 0 Å². The Labute approximate surface area is 116 Å². The molecule has 0 N–H and O–H groups in total. The minimum atomic E-state index is 0.469. The third-order valence-corrected chi connectivity index (χ3v) is 3.95. The lowest BCUT2D eigenvalue weighted by Gasteiger charge is -2.38. The number of aromatic nitrogens is 5. The van der Waals surface area contributed by atoms with Crippen LogP contribution in [0.2, 0.25) is 0 Å². The van der Waals surface area contributed by atoms with Gasteiger partial charge in [0.1, 0.15) is 0 Å². The van der Waals surface area contributed by atoms with Crippen LogP contribution in [0.25, 0.3) is 11.0 Å². The molecule has 102 valence electrons. The van der Waals surface area contributed by atoms with Crippen molar-refractivity contribution in [2.75, 3.05) is 13.1 Å². The number of likely N-dealkylation sites (tertiary alicyclic amines) is 1. The van der Waals surface area contributed by atoms with Gasteiger partial charge in [0.25, 0.3) is 0 Å². The summed E-state index contributed by atoms with van der Waals surface area (Å²) in [7, 11) is 2.02. The lowest BCUT2D eigenvalue weighted by atomic mass is 10.1. The van der Waals surface area contributed by atoms with E-state index in [2.05, 4.69) is 38.4 Å². The average Bonchev–Trinajstić information content (AvgIpc) is 3.04. The Bertz CT molecular complexity index is 723. The Hall–Kier alpha value is -2.21. The number of benzene rings is 1. The third kappa shape index (κ3) is 1.89. The van der Waals surface area contributed by atoms with Crippen LogP contribution >= 0.6 is 0 Å². The van der Waals surface area contributed by atoms with Gasteiger partial charge in [0, 0.05) is 32.9 Å². The highest BCUT2D eigenvalue weighted by Crippen LogP contribution is 2.23. The predicted molar refractivity (Wildman–Crippen MR) is 75.1 cm³/mol. The van der Waals surface area contributed by atoms with Crippen molar-refractivity contribution in [1.29, 1.82) is 0 Å². The Morgan fingerprint density at radius 3 is 3.00 bits per heavy atom. The first-order chi connectivity index (χ1) is 9.79. The largest absolute Gasteiger partial charge is 0.334 e. The van der Waals surface area contributed by atoms with Crippen LogP contribution in [0.1, 0.15) is 11.6 Å². The first-order valence-electron chi connectivity index (χ1n) is 6.78. The molecule has 0 spiro atoms. The van der Waals surface area contributed by atoms with Gasteiger partial charge in [-0.3, -0.25) is 4.90 Å². The van der Waals surface area contributed by atoms with E-state index in [-0.39, 0.29) is 0 Å². The quantitative estimate of drug-likeness (QED) is 0.717. The average molecular weight is 268 g/mol. The van der Waals surface area contributed by atoms with Crippen molar-refractivity contribution in [2.45, 2.75) is 12.6 Å². The Kier molecular flexibility index (Phi) is 2.56. The van der Waals surface area contributed by atoms with Crippen LogP contribution in [-0.4, -0.2) is 42.5 Å². The second-order valence-corrected chi connectivity index (χ2v) is 5.41. The monoisotopic (exact) mass is 268 g/mol. The summed E-state index contributed by atoms with van der Waals surface area (Å²) in [5.41, 5.74) is 3.56. The number of hydrogen-bond acceptors (Lipinski definition) is 4. The Balaban J connectivity index is 1.44. The van der Waals surface area contributed by atoms with E-state index in [1.807, 2.05) is 28.8 Å². The van der Waals surface area contributed by atoms with Crippen LogP contribution in [0.5, 0.6) is 0 Å². The van der Waals surface area contributed by atoms with Gasteiger partial charge in [0.05, 0.1) is 29.6 Å². The zero-order valence-electron chi connectivity index (χ0n) is 11.3. The molecule has 4 rings (SSSR count). The van der Waals surface area contributed by atoms with Crippen LogP contribution in [0.3, 0.4) is 0 Å². The summed E-state index contributed by atoms with van der Waals surface area (Å²) in [6.45, 7) is 3.03. The van der Waals surface area contributed by atoms with Crippen molar-refractivity contribution in [1.82, 2.24) is 29.4 Å². The molecule has 0 bridgehead atoms. The Morgan fingerprint density at radius 2 is 2.20 bits per heavy atom. The molecule has 0 saturated carbocycles. The van der Waals surface area contributed by atoms with Gasteiger partial charge >= 0.3 is 0 Å². The lowest BCUT2D eigenvalue weighted by molar-refractivity contribution is 0.0897. The summed E-state index contributed by atoms with van der Waals surface area (Å²) in [6.07, 6.45) is 5.53. The minimum Gasteiger partial charge on any atom is -0.334 e. The number of nitrogens with zero attached hydrogens (tertiary/aromatic N) is 6. The second-order valence-electron chi connectivity index (χ2n) is 5.41. The summed E-state index contributed by atoms with van der Waals surface area (Å²) in [6, 6.07) is 6.98. The summed E-state index contributed by atoms with van der Waals surface area (Å²) in [5, 5.41) is 7.91. The molecule has 0 atom stereocenters. The highest BCUT2D eigenvalue weighted by molar-refractivity contribution is 5.75. The van der Waals surface area contributed by atoms with Crippen LogP contribution in [0.4, 0.5) is 0 Å². The first kappa shape index (κ1) is 11.6. The molecule has 1 fully saturated rings. The van der Waals surface area contributed by atoms with Crippen molar-refractivity contribution in [3.63, 3.8) is 0 Å². The van der Waals surface area contributed by atoms with Crippen LogP contribution in [0.15, 0.2) is 36.9 Å². The molecule has 0 amide bonds. The van der Waals surface area contributed by atoms with Crippen LogP contribution < -0.4 is 0 Å². The highest BCUT2D eigenvalue weighted by Gasteiger charge is 2.28. The summed E-state index contributed by atoms with van der Waals surface area (Å²) in [5.74, 6) is 0. The van der Waals surface area contributed by atoms with Gasteiger partial charge in [-0.05, 0) is 17.7 Å². The zero-order valence-corrected chi connectivity index (χ0v) is 11.3. The summed E-state index contributed by atoms with van der Waals surface area (Å²) < 4.78 is 3.99. The molecule has 0 radical (unpaired) electrons. The maximum absolute atomic E-state index is 4.41. The number of fused-ring (bicyclic) bond motifs is 1. The summed E-state index contributed by atoms with van der Waals surface area (Å²) in [4.78, 5) is 6.82. The van der Waals surface area contributed by atoms with Crippen LogP contribution in [0, 0.1) is 0 Å². The van der Waals surface area contributed by atoms with E-state index in [1.165, 1.54) is 11.1 Å². The Morgan fingerprint density at radius 1 is 1.30 bits per heavy atom. The molecule has 6 heteroatoms. The molecule has 1 aromatic carbocycles. The van der Waals surface area contributed by atoms with Crippen molar-refractivity contribution in [3.8, 4) is 0 Å². The molecule has 2 aromatic heterocycles. The fraction of sp³-hybridized carbons (Fsp3) is 0.357. The van der Waals surface area contributed by atoms with Gasteiger partial charge in [-0.25, -0.2) is 9.67 Å². The fourth-order valence-electron chi connectivity index (χ4n) is 2.79. The molecule has 1 aliphatic rings. The molecule has 6 nitrogen and oxygen atoms in total. The van der Waals surface area contributed by atoms with Crippen molar-refractivity contribution >= 4 is 11.0 Å². The van der Waals surface area contributed by atoms with Gasteiger partial charge in [-0.2, -0.15) is 0 Å². The van der Waals surface area contributed by atoms with Gasteiger partial charge in [-0.15, -0.1) is 5.10 Å². The molecular formula is C14H16N6. The maximum Gasteiger partial charge on any atom is 0.0955 e. The SMILES string of the molecule is Cn1cnc2cc(CN3CC(n4ccnn4)C3)ccc21. The van der Waals surface area contributed by atoms with Gasteiger partial charge in [-0.1, -0.05) is 11.3 Å². The van der Waals surface area contributed by atoms with E-state index in [1.54, 1.807) is 6.20 Å². The molecule has 1 saturated heterocycles. The van der Waals surface area contributed by atoms with Crippen molar-refractivity contribution in [3.05, 3.63) is 42.5 Å². The molecule has 1 aliphatic heterocycles. The van der Waals surface area contributed by atoms with E-state index in [9.17, 15) is 0 Å². The highest BCUT2D eigenvalue weighted by atomic mass is 15.5. The van der Waals surface area contributed by atoms with E-state index < -0.39 is 0 Å².